The minimum atomic E-state index is -3.70. The monoisotopic (exact) mass is 408 g/mol. The second-order valence-corrected chi connectivity index (χ2v) is 9.44. The molecule has 4 aliphatic rings. The lowest BCUT2D eigenvalue weighted by Crippen LogP contribution is -2.03. The van der Waals surface area contributed by atoms with Gasteiger partial charge in [-0.05, 0) is 59.5 Å². The lowest BCUT2D eigenvalue weighted by Gasteiger charge is -2.08. The highest BCUT2D eigenvalue weighted by Crippen LogP contribution is 2.45. The molecule has 0 saturated carbocycles. The van der Waals surface area contributed by atoms with Crippen LogP contribution < -0.4 is 0 Å². The van der Waals surface area contributed by atoms with Crippen LogP contribution in [-0.2, 0) is 9.84 Å². The van der Waals surface area contributed by atoms with E-state index in [1.54, 1.807) is 12.1 Å². The maximum atomic E-state index is 13.8. The molecule has 146 valence electrons. The first-order valence-corrected chi connectivity index (χ1v) is 11.3. The van der Waals surface area contributed by atoms with Crippen molar-refractivity contribution in [2.45, 2.75) is 16.7 Å². The molecule has 1 aromatic rings. The first-order chi connectivity index (χ1) is 14.5. The van der Waals surface area contributed by atoms with Gasteiger partial charge in [0.2, 0.25) is 9.84 Å². The molecule has 0 atom stereocenters. The predicted molar refractivity (Wildman–Crippen MR) is 122 cm³/mol. The molecule has 2 nitrogen and oxygen atoms in total. The van der Waals surface area contributed by atoms with Crippen LogP contribution in [0, 0.1) is 6.92 Å². The van der Waals surface area contributed by atoms with E-state index >= 15 is 0 Å². The van der Waals surface area contributed by atoms with E-state index in [-0.39, 0.29) is 0 Å². The molecular formula is C27H20O2S. The van der Waals surface area contributed by atoms with E-state index in [0.29, 0.717) is 9.79 Å². The van der Waals surface area contributed by atoms with Gasteiger partial charge in [-0.15, -0.1) is 0 Å². The molecular weight excluding hydrogens is 388 g/mol. The van der Waals surface area contributed by atoms with E-state index in [0.717, 1.165) is 38.9 Å². The Balaban J connectivity index is 1.82. The highest BCUT2D eigenvalue weighted by Gasteiger charge is 2.29. The van der Waals surface area contributed by atoms with Crippen LogP contribution in [0.25, 0.3) is 33.4 Å². The molecule has 0 bridgehead atoms. The SMILES string of the molecule is Cc1ccc(S(=O)(=O)c2c3cccccc-3cc2-c2cc3cccccc-3c2)cc1. The summed E-state index contributed by atoms with van der Waals surface area (Å²) in [6.45, 7) is 1.95. The van der Waals surface area contributed by atoms with Gasteiger partial charge in [0.15, 0.2) is 0 Å². The molecule has 0 saturated heterocycles. The van der Waals surface area contributed by atoms with E-state index in [9.17, 15) is 8.42 Å². The third-order valence-electron chi connectivity index (χ3n) is 5.50. The third-order valence-corrected chi connectivity index (χ3v) is 7.37. The molecule has 0 heterocycles. The Morgan fingerprint density at radius 3 is 1.73 bits per heavy atom. The van der Waals surface area contributed by atoms with Gasteiger partial charge in [0.25, 0.3) is 0 Å². The van der Waals surface area contributed by atoms with Crippen molar-refractivity contribution in [3.8, 4) is 33.4 Å². The lowest BCUT2D eigenvalue weighted by atomic mass is 10.2. The zero-order valence-corrected chi connectivity index (χ0v) is 17.4. The Hall–Kier alpha value is -3.43. The van der Waals surface area contributed by atoms with Crippen LogP contribution in [0.1, 0.15) is 5.56 Å². The van der Waals surface area contributed by atoms with Gasteiger partial charge in [-0.1, -0.05) is 78.4 Å². The number of fused-ring (bicyclic) bond motifs is 2. The van der Waals surface area contributed by atoms with Crippen molar-refractivity contribution in [3.63, 3.8) is 0 Å². The number of hydrogen-bond acceptors (Lipinski definition) is 2. The summed E-state index contributed by atoms with van der Waals surface area (Å²) in [5.41, 5.74) is 6.52. The maximum Gasteiger partial charge on any atom is 0.207 e. The summed E-state index contributed by atoms with van der Waals surface area (Å²) in [5.74, 6) is 0. The molecule has 0 aromatic heterocycles. The topological polar surface area (TPSA) is 34.1 Å². The van der Waals surface area contributed by atoms with Crippen LogP contribution in [0.15, 0.2) is 113 Å². The van der Waals surface area contributed by atoms with Gasteiger partial charge in [-0.25, -0.2) is 8.42 Å². The van der Waals surface area contributed by atoms with Gasteiger partial charge >= 0.3 is 0 Å². The number of rotatable bonds is 3. The van der Waals surface area contributed by atoms with Gasteiger partial charge in [0.05, 0.1) is 9.79 Å². The second kappa shape index (κ2) is 7.12. The van der Waals surface area contributed by atoms with Gasteiger partial charge in [0.1, 0.15) is 0 Å². The van der Waals surface area contributed by atoms with Crippen molar-refractivity contribution >= 4 is 9.84 Å². The third kappa shape index (κ3) is 3.08. The molecule has 0 fully saturated rings. The van der Waals surface area contributed by atoms with Crippen LogP contribution in [0.4, 0.5) is 0 Å². The second-order valence-electron chi connectivity index (χ2n) is 7.55. The lowest BCUT2D eigenvalue weighted by molar-refractivity contribution is 0.597. The Morgan fingerprint density at radius 1 is 0.533 bits per heavy atom. The summed E-state index contributed by atoms with van der Waals surface area (Å²) in [4.78, 5) is 0.688. The zero-order valence-electron chi connectivity index (χ0n) is 16.5. The van der Waals surface area contributed by atoms with Gasteiger partial charge in [0, 0.05) is 11.1 Å². The molecule has 30 heavy (non-hydrogen) atoms. The van der Waals surface area contributed by atoms with Crippen molar-refractivity contribution in [2.24, 2.45) is 0 Å². The molecule has 1 aromatic carbocycles. The van der Waals surface area contributed by atoms with E-state index in [2.05, 4.69) is 24.3 Å². The normalized spacial score (nSPS) is 11.8. The standard InChI is InChI=1S/C27H20O2S/c1-19-12-14-24(15-13-19)30(28,29)27-25-11-7-3-6-10-22(25)18-26(27)23-16-20-8-4-2-5-9-21(20)17-23/h2-18H,1H3. The number of sulfone groups is 1. The summed E-state index contributed by atoms with van der Waals surface area (Å²) in [6, 6.07) is 32.9. The summed E-state index contributed by atoms with van der Waals surface area (Å²) < 4.78 is 27.6. The average molecular weight is 409 g/mol. The first-order valence-electron chi connectivity index (χ1n) is 9.87. The molecule has 3 heteroatoms. The van der Waals surface area contributed by atoms with Gasteiger partial charge < -0.3 is 0 Å². The summed E-state index contributed by atoms with van der Waals surface area (Å²) in [5, 5.41) is 0. The van der Waals surface area contributed by atoms with Crippen LogP contribution in [0.2, 0.25) is 0 Å². The molecule has 0 aliphatic heterocycles. The van der Waals surface area contributed by atoms with Crippen molar-refractivity contribution in [3.05, 3.63) is 109 Å². The fourth-order valence-electron chi connectivity index (χ4n) is 3.97. The number of hydrogen-bond donors (Lipinski definition) is 0. The average Bonchev–Trinajstić information content (AvgIpc) is 3.13. The molecule has 5 rings (SSSR count). The highest BCUT2D eigenvalue weighted by molar-refractivity contribution is 7.91. The Bertz CT molecular complexity index is 1370. The number of benzene rings is 1. The molecule has 0 amide bonds. The number of aryl methyl sites for hydroxylation is 1. The van der Waals surface area contributed by atoms with Crippen LogP contribution in [0.5, 0.6) is 0 Å². The summed E-state index contributed by atoms with van der Waals surface area (Å²) in [6.07, 6.45) is 0. The molecule has 0 radical (unpaired) electrons. The van der Waals surface area contributed by atoms with E-state index in [4.69, 9.17) is 0 Å². The Labute approximate surface area is 177 Å². The van der Waals surface area contributed by atoms with Crippen molar-refractivity contribution in [1.29, 1.82) is 0 Å². The van der Waals surface area contributed by atoms with E-state index in [1.165, 1.54) is 0 Å². The molecule has 4 aliphatic carbocycles. The Morgan fingerprint density at radius 2 is 1.10 bits per heavy atom. The van der Waals surface area contributed by atoms with Gasteiger partial charge in [-0.2, -0.15) is 0 Å². The fraction of sp³-hybridized carbons (Fsp3) is 0.0370. The minimum Gasteiger partial charge on any atom is -0.218 e. The first kappa shape index (κ1) is 18.6. The molecule has 0 unspecified atom stereocenters. The van der Waals surface area contributed by atoms with Crippen LogP contribution in [0.3, 0.4) is 0 Å². The fourth-order valence-corrected chi connectivity index (χ4v) is 5.64. The largest absolute Gasteiger partial charge is 0.218 e. The zero-order chi connectivity index (χ0) is 20.7. The smallest absolute Gasteiger partial charge is 0.207 e. The quantitative estimate of drug-likeness (QED) is 0.333. The highest BCUT2D eigenvalue weighted by atomic mass is 32.2. The van der Waals surface area contributed by atoms with E-state index < -0.39 is 9.84 Å². The van der Waals surface area contributed by atoms with Crippen LogP contribution in [-0.4, -0.2) is 8.42 Å². The predicted octanol–water partition coefficient (Wildman–Crippen LogP) is 6.70. The van der Waals surface area contributed by atoms with Crippen molar-refractivity contribution in [1.82, 2.24) is 0 Å². The summed E-state index contributed by atoms with van der Waals surface area (Å²) in [7, 11) is -3.70. The van der Waals surface area contributed by atoms with E-state index in [1.807, 2.05) is 73.7 Å². The Kier molecular flexibility index (Phi) is 4.41. The minimum absolute atomic E-state index is 0.316. The molecule has 0 spiro atoms. The van der Waals surface area contributed by atoms with Crippen molar-refractivity contribution < 1.29 is 8.42 Å². The molecule has 0 N–H and O–H groups in total. The van der Waals surface area contributed by atoms with Crippen molar-refractivity contribution in [2.75, 3.05) is 0 Å². The van der Waals surface area contributed by atoms with Crippen LogP contribution >= 0.6 is 0 Å². The summed E-state index contributed by atoms with van der Waals surface area (Å²) >= 11 is 0. The maximum absolute atomic E-state index is 13.8. The van der Waals surface area contributed by atoms with Gasteiger partial charge in [-0.3, -0.25) is 0 Å².